The second-order valence-electron chi connectivity index (χ2n) is 8.86. The van der Waals surface area contributed by atoms with Crippen LogP contribution in [0.5, 0.6) is 0 Å². The summed E-state index contributed by atoms with van der Waals surface area (Å²) in [5.41, 5.74) is 2.72. The molecule has 31 heavy (non-hydrogen) atoms. The molecule has 1 aromatic rings. The summed E-state index contributed by atoms with van der Waals surface area (Å²) >= 11 is 0. The highest BCUT2D eigenvalue weighted by Crippen LogP contribution is 2.30. The van der Waals surface area contributed by atoms with Gasteiger partial charge in [0.05, 0.1) is 6.54 Å². The third-order valence-electron chi connectivity index (χ3n) is 6.80. The predicted molar refractivity (Wildman–Crippen MR) is 120 cm³/mol. The van der Waals surface area contributed by atoms with Crippen molar-refractivity contribution in [3.05, 3.63) is 29.3 Å². The first kappa shape index (κ1) is 21.8. The van der Waals surface area contributed by atoms with Gasteiger partial charge < -0.3 is 14.7 Å². The lowest BCUT2D eigenvalue weighted by Crippen LogP contribution is -2.51. The number of rotatable bonds is 4. The van der Waals surface area contributed by atoms with Gasteiger partial charge in [-0.1, -0.05) is 19.8 Å². The number of carbonyl (C=O) groups excluding carboxylic acids is 3. The normalized spacial score (nSPS) is 19.8. The van der Waals surface area contributed by atoms with Crippen molar-refractivity contribution >= 4 is 23.4 Å². The third kappa shape index (κ3) is 4.92. The summed E-state index contributed by atoms with van der Waals surface area (Å²) in [4.78, 5) is 45.7. The predicted octanol–water partition coefficient (Wildman–Crippen LogP) is 2.15. The fourth-order valence-electron chi connectivity index (χ4n) is 4.89. The number of piperazine rings is 1. The number of anilines is 1. The average Bonchev–Trinajstić information content (AvgIpc) is 3.02. The van der Waals surface area contributed by atoms with Gasteiger partial charge >= 0.3 is 0 Å². The Morgan fingerprint density at radius 2 is 1.52 bits per heavy atom. The Bertz CT molecular complexity index is 824. The topological polar surface area (TPSA) is 64.2 Å². The molecular formula is C24H34N4O3. The maximum atomic E-state index is 13.0. The molecule has 0 N–H and O–H groups in total. The monoisotopic (exact) mass is 426 g/mol. The highest BCUT2D eigenvalue weighted by molar-refractivity contribution is 5.98. The van der Waals surface area contributed by atoms with E-state index in [1.807, 2.05) is 39.8 Å². The van der Waals surface area contributed by atoms with E-state index in [1.54, 1.807) is 0 Å². The number of nitrogens with zero attached hydrogens (tertiary/aromatic N) is 4. The first-order valence-corrected chi connectivity index (χ1v) is 11.8. The standard InChI is InChI=1S/C24H34N4O3/c1-2-22(29)28-12-9-19-17-20(7-8-21(19)28)24(31)27-15-13-25(14-16-27)18-23(30)26-10-5-3-4-6-11-26/h7-8,17H,2-6,9-16,18H2,1H3. The molecule has 0 unspecified atom stereocenters. The fourth-order valence-corrected chi connectivity index (χ4v) is 4.89. The molecule has 0 aliphatic carbocycles. The summed E-state index contributed by atoms with van der Waals surface area (Å²) in [5.74, 6) is 0.400. The molecule has 3 aliphatic heterocycles. The molecule has 168 valence electrons. The number of benzene rings is 1. The maximum absolute atomic E-state index is 13.0. The van der Waals surface area contributed by atoms with Crippen molar-refractivity contribution in [2.24, 2.45) is 0 Å². The Balaban J connectivity index is 1.30. The number of likely N-dealkylation sites (tertiary alicyclic amines) is 1. The van der Waals surface area contributed by atoms with E-state index in [2.05, 4.69) is 4.90 Å². The molecule has 1 aromatic carbocycles. The van der Waals surface area contributed by atoms with Crippen LogP contribution in [0.4, 0.5) is 5.69 Å². The van der Waals surface area contributed by atoms with Crippen molar-refractivity contribution in [1.82, 2.24) is 14.7 Å². The van der Waals surface area contributed by atoms with Crippen LogP contribution in [0.25, 0.3) is 0 Å². The number of hydrogen-bond donors (Lipinski definition) is 0. The zero-order valence-corrected chi connectivity index (χ0v) is 18.6. The van der Waals surface area contributed by atoms with Crippen LogP contribution in [-0.4, -0.2) is 84.8 Å². The molecule has 0 atom stereocenters. The summed E-state index contributed by atoms with van der Waals surface area (Å²) in [6.45, 7) is 7.55. The summed E-state index contributed by atoms with van der Waals surface area (Å²) in [6.07, 6.45) is 5.96. The molecule has 0 saturated carbocycles. The Kier molecular flexibility index (Phi) is 6.90. The molecular weight excluding hydrogens is 392 g/mol. The summed E-state index contributed by atoms with van der Waals surface area (Å²) in [6, 6.07) is 5.72. The molecule has 3 heterocycles. The van der Waals surface area contributed by atoms with Gasteiger partial charge in [-0.3, -0.25) is 19.3 Å². The van der Waals surface area contributed by atoms with E-state index in [0.29, 0.717) is 38.2 Å². The Labute approximate surface area is 185 Å². The van der Waals surface area contributed by atoms with Crippen LogP contribution in [-0.2, 0) is 16.0 Å². The van der Waals surface area contributed by atoms with E-state index >= 15 is 0 Å². The van der Waals surface area contributed by atoms with Crippen LogP contribution < -0.4 is 4.90 Å². The largest absolute Gasteiger partial charge is 0.342 e. The number of hydrogen-bond acceptors (Lipinski definition) is 4. The molecule has 0 aromatic heterocycles. The molecule has 2 fully saturated rings. The molecule has 0 spiro atoms. The van der Waals surface area contributed by atoms with Gasteiger partial charge in [-0.05, 0) is 43.0 Å². The molecule has 3 aliphatic rings. The Morgan fingerprint density at radius 3 is 2.19 bits per heavy atom. The number of amides is 3. The lowest BCUT2D eigenvalue weighted by molar-refractivity contribution is -0.132. The minimum Gasteiger partial charge on any atom is -0.342 e. The Hall–Kier alpha value is -2.41. The van der Waals surface area contributed by atoms with E-state index in [-0.39, 0.29) is 17.7 Å². The van der Waals surface area contributed by atoms with Crippen molar-refractivity contribution in [3.63, 3.8) is 0 Å². The minimum atomic E-state index is 0.0431. The molecule has 0 radical (unpaired) electrons. The highest BCUT2D eigenvalue weighted by Gasteiger charge is 2.28. The molecule has 7 heteroatoms. The van der Waals surface area contributed by atoms with Crippen molar-refractivity contribution < 1.29 is 14.4 Å². The molecule has 7 nitrogen and oxygen atoms in total. The lowest BCUT2D eigenvalue weighted by atomic mass is 10.1. The number of carbonyl (C=O) groups is 3. The van der Waals surface area contributed by atoms with E-state index in [9.17, 15) is 14.4 Å². The average molecular weight is 427 g/mol. The SMILES string of the molecule is CCC(=O)N1CCc2cc(C(=O)N3CCN(CC(=O)N4CCCCCC4)CC3)ccc21. The van der Waals surface area contributed by atoms with E-state index < -0.39 is 0 Å². The lowest BCUT2D eigenvalue weighted by Gasteiger charge is -2.35. The zero-order chi connectivity index (χ0) is 21.8. The minimum absolute atomic E-state index is 0.0431. The van der Waals surface area contributed by atoms with Crippen molar-refractivity contribution in [2.45, 2.75) is 45.4 Å². The van der Waals surface area contributed by atoms with Gasteiger partial charge in [0.25, 0.3) is 5.91 Å². The van der Waals surface area contributed by atoms with Gasteiger partial charge in [0.2, 0.25) is 11.8 Å². The van der Waals surface area contributed by atoms with Crippen LogP contribution in [0.15, 0.2) is 18.2 Å². The Morgan fingerprint density at radius 1 is 0.806 bits per heavy atom. The van der Waals surface area contributed by atoms with Gasteiger partial charge in [-0.15, -0.1) is 0 Å². The fraction of sp³-hybridized carbons (Fsp3) is 0.625. The van der Waals surface area contributed by atoms with Crippen LogP contribution >= 0.6 is 0 Å². The van der Waals surface area contributed by atoms with Crippen molar-refractivity contribution in [2.75, 3.05) is 57.3 Å². The second kappa shape index (κ2) is 9.81. The first-order valence-electron chi connectivity index (χ1n) is 11.8. The van der Waals surface area contributed by atoms with E-state index in [0.717, 1.165) is 56.7 Å². The van der Waals surface area contributed by atoms with Gasteiger partial charge in [-0.2, -0.15) is 0 Å². The van der Waals surface area contributed by atoms with Crippen LogP contribution in [0, 0.1) is 0 Å². The van der Waals surface area contributed by atoms with Gasteiger partial charge in [0.15, 0.2) is 0 Å². The number of fused-ring (bicyclic) bond motifs is 1. The quantitative estimate of drug-likeness (QED) is 0.740. The van der Waals surface area contributed by atoms with E-state index in [4.69, 9.17) is 0 Å². The molecule has 0 bridgehead atoms. The summed E-state index contributed by atoms with van der Waals surface area (Å²) in [7, 11) is 0. The molecule has 3 amide bonds. The van der Waals surface area contributed by atoms with Crippen molar-refractivity contribution in [3.8, 4) is 0 Å². The van der Waals surface area contributed by atoms with Gasteiger partial charge in [-0.25, -0.2) is 0 Å². The highest BCUT2D eigenvalue weighted by atomic mass is 16.2. The third-order valence-corrected chi connectivity index (χ3v) is 6.80. The maximum Gasteiger partial charge on any atom is 0.253 e. The van der Waals surface area contributed by atoms with Gasteiger partial charge in [0, 0.05) is 63.5 Å². The second-order valence-corrected chi connectivity index (χ2v) is 8.86. The summed E-state index contributed by atoms with van der Waals surface area (Å²) < 4.78 is 0. The van der Waals surface area contributed by atoms with Crippen LogP contribution in [0.3, 0.4) is 0 Å². The first-order chi connectivity index (χ1) is 15.1. The molecule has 4 rings (SSSR count). The van der Waals surface area contributed by atoms with Crippen molar-refractivity contribution in [1.29, 1.82) is 0 Å². The van der Waals surface area contributed by atoms with Crippen LogP contribution in [0.1, 0.15) is 54.9 Å². The molecule has 2 saturated heterocycles. The van der Waals surface area contributed by atoms with E-state index in [1.165, 1.54) is 12.8 Å². The smallest absolute Gasteiger partial charge is 0.253 e. The zero-order valence-electron chi connectivity index (χ0n) is 18.6. The summed E-state index contributed by atoms with van der Waals surface area (Å²) in [5, 5.41) is 0. The van der Waals surface area contributed by atoms with Gasteiger partial charge in [0.1, 0.15) is 0 Å². The van der Waals surface area contributed by atoms with Crippen LogP contribution in [0.2, 0.25) is 0 Å².